The third kappa shape index (κ3) is 6.14. The summed E-state index contributed by atoms with van der Waals surface area (Å²) in [4.78, 5) is 24.5. The number of amides is 1. The van der Waals surface area contributed by atoms with Crippen LogP contribution < -0.4 is 4.90 Å². The molecule has 45 heavy (non-hydrogen) atoms. The number of pyridine rings is 2. The highest BCUT2D eigenvalue weighted by atomic mass is 32.2. The molecule has 0 radical (unpaired) electrons. The van der Waals surface area contributed by atoms with Gasteiger partial charge in [0.2, 0.25) is 0 Å². The molecule has 1 amide bonds. The number of hydrogen-bond acceptors (Lipinski definition) is 9. The van der Waals surface area contributed by atoms with Crippen LogP contribution in [0.15, 0.2) is 65.6 Å². The molecular weight excluding hydrogens is 619 g/mol. The van der Waals surface area contributed by atoms with Crippen molar-refractivity contribution in [2.75, 3.05) is 38.0 Å². The predicted octanol–water partition coefficient (Wildman–Crippen LogP) is 4.34. The fourth-order valence-electron chi connectivity index (χ4n) is 5.31. The molecule has 1 aliphatic heterocycles. The zero-order valence-corrected chi connectivity index (χ0v) is 27.5. The molecule has 0 saturated carbocycles. The Bertz CT molecular complexity index is 1960. The van der Waals surface area contributed by atoms with Crippen LogP contribution in [0.4, 0.5) is 10.6 Å². The second-order valence-corrected chi connectivity index (χ2v) is 16.0. The summed E-state index contributed by atoms with van der Waals surface area (Å²) >= 11 is 0. The fraction of sp³-hybridized carbons (Fsp3) is 0.387. The summed E-state index contributed by atoms with van der Waals surface area (Å²) in [5, 5.41) is 9.53. The van der Waals surface area contributed by atoms with E-state index in [1.54, 1.807) is 62.4 Å². The zero-order chi connectivity index (χ0) is 32.7. The minimum Gasteiger partial charge on any atom is -0.465 e. The van der Waals surface area contributed by atoms with E-state index in [1.165, 1.54) is 25.4 Å². The van der Waals surface area contributed by atoms with E-state index < -0.39 is 30.7 Å². The first-order chi connectivity index (χ1) is 21.1. The van der Waals surface area contributed by atoms with E-state index in [0.717, 1.165) is 15.3 Å². The van der Waals surface area contributed by atoms with Gasteiger partial charge in [0, 0.05) is 19.8 Å². The Hall–Kier alpha value is -4.01. The molecule has 1 aromatic carbocycles. The van der Waals surface area contributed by atoms with Gasteiger partial charge in [-0.3, -0.25) is 0 Å². The van der Waals surface area contributed by atoms with E-state index in [1.807, 2.05) is 0 Å². The Balaban J connectivity index is 1.71. The van der Waals surface area contributed by atoms with Crippen molar-refractivity contribution in [3.8, 4) is 11.4 Å². The molecule has 1 saturated heterocycles. The van der Waals surface area contributed by atoms with Crippen LogP contribution in [0.5, 0.6) is 0 Å². The highest BCUT2D eigenvalue weighted by molar-refractivity contribution is 7.91. The summed E-state index contributed by atoms with van der Waals surface area (Å²) in [6, 6.07) is 16.3. The van der Waals surface area contributed by atoms with Gasteiger partial charge in [-0.25, -0.2) is 35.6 Å². The number of morpholine rings is 1. The van der Waals surface area contributed by atoms with E-state index in [9.17, 15) is 26.7 Å². The van der Waals surface area contributed by atoms with Gasteiger partial charge in [-0.1, -0.05) is 25.1 Å². The number of nitrogens with zero attached hydrogens (tertiary/aromatic N) is 5. The van der Waals surface area contributed by atoms with Crippen molar-refractivity contribution in [3.63, 3.8) is 0 Å². The second-order valence-electron chi connectivity index (χ2n) is 11.7. The molecule has 14 heteroatoms. The number of fused-ring (bicyclic) bond motifs is 1. The van der Waals surface area contributed by atoms with Crippen LogP contribution in [0, 0.1) is 0 Å². The molecule has 1 aliphatic rings. The predicted molar refractivity (Wildman–Crippen MR) is 172 cm³/mol. The van der Waals surface area contributed by atoms with Crippen LogP contribution in [0.25, 0.3) is 22.4 Å². The molecule has 4 aromatic rings. The molecule has 0 bridgehead atoms. The molecular formula is C31H37N5O7S2. The summed E-state index contributed by atoms with van der Waals surface area (Å²) in [5.74, 6) is 0.601. The van der Waals surface area contributed by atoms with Gasteiger partial charge in [-0.05, 0) is 68.3 Å². The maximum Gasteiger partial charge on any atom is 0.407 e. The lowest BCUT2D eigenvalue weighted by Gasteiger charge is -2.37. The number of aromatic nitrogens is 3. The fourth-order valence-corrected chi connectivity index (χ4v) is 7.40. The van der Waals surface area contributed by atoms with Crippen molar-refractivity contribution in [3.05, 3.63) is 71.9 Å². The summed E-state index contributed by atoms with van der Waals surface area (Å²) in [6.07, 6.45) is 0.789. The Morgan fingerprint density at radius 2 is 1.76 bits per heavy atom. The lowest BCUT2D eigenvalue weighted by atomic mass is 10.0. The highest BCUT2D eigenvalue weighted by Gasteiger charge is 2.35. The lowest BCUT2D eigenvalue weighted by molar-refractivity contribution is 0.0925. The quantitative estimate of drug-likeness (QED) is 0.276. The van der Waals surface area contributed by atoms with Gasteiger partial charge in [0.1, 0.15) is 5.82 Å². The van der Waals surface area contributed by atoms with E-state index in [-0.39, 0.29) is 28.7 Å². The Kier molecular flexibility index (Phi) is 8.68. The molecule has 4 heterocycles. The van der Waals surface area contributed by atoms with E-state index >= 15 is 0 Å². The summed E-state index contributed by atoms with van der Waals surface area (Å²) in [6.45, 7) is 6.77. The normalized spacial score (nSPS) is 16.2. The van der Waals surface area contributed by atoms with Crippen LogP contribution in [0.2, 0.25) is 0 Å². The Labute approximate surface area is 263 Å². The van der Waals surface area contributed by atoms with Gasteiger partial charge in [0.05, 0.1) is 63.6 Å². The number of sulfone groups is 1. The van der Waals surface area contributed by atoms with Gasteiger partial charge in [0.15, 0.2) is 9.84 Å². The minimum absolute atomic E-state index is 0.0452. The maximum absolute atomic E-state index is 13.8. The first kappa shape index (κ1) is 32.4. The van der Waals surface area contributed by atoms with Crippen molar-refractivity contribution < 1.29 is 31.5 Å². The van der Waals surface area contributed by atoms with Crippen LogP contribution in [0.3, 0.4) is 0 Å². The number of benzene rings is 1. The SMILES string of the molecule is CCC1COCCN1c1cc(C(C)(C)S(C)(=O)=O)cc(-c2ccc3c(cc(CN(C)C(=O)O)n3S(=O)(=O)c3ccccc3)n2)n1. The molecule has 3 aromatic heterocycles. The smallest absolute Gasteiger partial charge is 0.407 e. The number of carboxylic acid groups (broad SMARTS) is 1. The molecule has 12 nitrogen and oxygen atoms in total. The molecule has 1 unspecified atom stereocenters. The second kappa shape index (κ2) is 12.1. The number of anilines is 1. The lowest BCUT2D eigenvalue weighted by Crippen LogP contribution is -2.45. The minimum atomic E-state index is -4.12. The van der Waals surface area contributed by atoms with Crippen LogP contribution in [-0.4, -0.2) is 86.0 Å². The average molecular weight is 656 g/mol. The van der Waals surface area contributed by atoms with Crippen molar-refractivity contribution in [1.29, 1.82) is 0 Å². The third-order valence-corrected chi connectivity index (χ3v) is 12.3. The first-order valence-electron chi connectivity index (χ1n) is 14.5. The summed E-state index contributed by atoms with van der Waals surface area (Å²) in [7, 11) is -6.30. The van der Waals surface area contributed by atoms with Crippen molar-refractivity contribution in [2.45, 2.75) is 49.4 Å². The van der Waals surface area contributed by atoms with Crippen molar-refractivity contribution in [1.82, 2.24) is 18.8 Å². The topological polar surface area (TPSA) is 152 Å². The van der Waals surface area contributed by atoms with Crippen molar-refractivity contribution in [2.24, 2.45) is 0 Å². The number of ether oxygens (including phenoxy) is 1. The summed E-state index contributed by atoms with van der Waals surface area (Å²) in [5.41, 5.74) is 2.16. The van der Waals surface area contributed by atoms with Gasteiger partial charge < -0.3 is 19.6 Å². The standard InChI is InChI=1S/C31H37N5O7S2/c1-6-22-20-43-15-14-35(22)29-17-21(31(2,3)44(5,39)40)16-26(33-29)25-12-13-28-27(32-25)18-23(19-34(4)30(37)38)36(28)45(41,42)24-10-8-7-9-11-24/h7-13,16-18,22H,6,14-15,19-20H2,1-5H3,(H,37,38). The molecule has 5 rings (SSSR count). The highest BCUT2D eigenvalue weighted by Crippen LogP contribution is 2.35. The van der Waals surface area contributed by atoms with E-state index in [4.69, 9.17) is 14.7 Å². The van der Waals surface area contributed by atoms with Crippen molar-refractivity contribution >= 4 is 42.8 Å². The zero-order valence-electron chi connectivity index (χ0n) is 25.8. The molecule has 1 N–H and O–H groups in total. The largest absolute Gasteiger partial charge is 0.465 e. The van der Waals surface area contributed by atoms with Gasteiger partial charge in [-0.2, -0.15) is 0 Å². The molecule has 240 valence electrons. The van der Waals surface area contributed by atoms with Gasteiger partial charge >= 0.3 is 6.09 Å². The Morgan fingerprint density at radius 1 is 1.04 bits per heavy atom. The van der Waals surface area contributed by atoms with Crippen LogP contribution in [-0.2, 0) is 35.9 Å². The number of rotatable bonds is 9. The van der Waals surface area contributed by atoms with Crippen LogP contribution >= 0.6 is 0 Å². The van der Waals surface area contributed by atoms with Gasteiger partial charge in [-0.15, -0.1) is 0 Å². The first-order valence-corrected chi connectivity index (χ1v) is 17.8. The monoisotopic (exact) mass is 655 g/mol. The molecule has 0 aliphatic carbocycles. The maximum atomic E-state index is 13.8. The Morgan fingerprint density at radius 3 is 2.40 bits per heavy atom. The van der Waals surface area contributed by atoms with E-state index in [0.29, 0.717) is 48.0 Å². The van der Waals surface area contributed by atoms with Gasteiger partial charge in [0.25, 0.3) is 10.0 Å². The molecule has 0 spiro atoms. The molecule has 1 atom stereocenters. The number of carbonyl (C=O) groups is 1. The van der Waals surface area contributed by atoms with Crippen LogP contribution in [0.1, 0.15) is 38.4 Å². The van der Waals surface area contributed by atoms with E-state index in [2.05, 4.69) is 11.8 Å². The number of hydrogen-bond donors (Lipinski definition) is 1. The summed E-state index contributed by atoms with van der Waals surface area (Å²) < 4.78 is 59.1. The molecule has 1 fully saturated rings. The third-order valence-electron chi connectivity index (χ3n) is 8.38. The average Bonchev–Trinajstić information content (AvgIpc) is 3.38.